The van der Waals surface area contributed by atoms with E-state index < -0.39 is 52.5 Å². The summed E-state index contributed by atoms with van der Waals surface area (Å²) in [7, 11) is 3.23. The van der Waals surface area contributed by atoms with Crippen LogP contribution in [0.15, 0.2) is 42.0 Å². The van der Waals surface area contributed by atoms with E-state index in [1.165, 1.54) is 4.90 Å². The third-order valence-corrected chi connectivity index (χ3v) is 7.52. The topological polar surface area (TPSA) is 105 Å². The first-order valence-corrected chi connectivity index (χ1v) is 15.5. The second-order valence-electron chi connectivity index (χ2n) is 14.6. The Labute approximate surface area is 265 Å². The maximum absolute atomic E-state index is 14.3. The lowest BCUT2D eigenvalue weighted by atomic mass is 9.76. The summed E-state index contributed by atoms with van der Waals surface area (Å²) in [5.74, 6) is -0.991. The molecule has 0 aliphatic carbocycles. The van der Waals surface area contributed by atoms with E-state index in [1.54, 1.807) is 59.7 Å². The summed E-state index contributed by atoms with van der Waals surface area (Å²) >= 11 is 0. The molecule has 0 saturated heterocycles. The van der Waals surface area contributed by atoms with Crippen LogP contribution in [0.5, 0.6) is 0 Å². The van der Waals surface area contributed by atoms with E-state index in [4.69, 9.17) is 9.47 Å². The summed E-state index contributed by atoms with van der Waals surface area (Å²) < 4.78 is 10.8. The first kappa shape index (κ1) is 38.7. The number of esters is 1. The lowest BCUT2D eigenvalue weighted by Gasteiger charge is -2.42. The summed E-state index contributed by atoms with van der Waals surface area (Å²) in [5.41, 5.74) is -1.04. The average Bonchev–Trinajstić information content (AvgIpc) is 2.89. The molecule has 1 N–H and O–H groups in total. The van der Waals surface area contributed by atoms with Crippen molar-refractivity contribution >= 4 is 23.9 Å². The molecule has 0 saturated carbocycles. The van der Waals surface area contributed by atoms with Gasteiger partial charge in [-0.05, 0) is 57.9 Å². The lowest BCUT2D eigenvalue weighted by Crippen LogP contribution is -2.63. The molecule has 0 unspecified atom stereocenters. The van der Waals surface area contributed by atoms with Crippen molar-refractivity contribution in [3.8, 4) is 0 Å². The van der Waals surface area contributed by atoms with Gasteiger partial charge in [-0.3, -0.25) is 14.5 Å². The summed E-state index contributed by atoms with van der Waals surface area (Å²) in [6.07, 6.45) is 1.72. The minimum Gasteiger partial charge on any atom is -0.463 e. The Bertz CT molecular complexity index is 1160. The highest BCUT2D eigenvalue weighted by Crippen LogP contribution is 2.32. The molecule has 3 amide bonds. The van der Waals surface area contributed by atoms with Crippen molar-refractivity contribution in [3.05, 3.63) is 47.5 Å². The number of ether oxygens (including phenoxy) is 2. The van der Waals surface area contributed by atoms with Crippen LogP contribution in [-0.4, -0.2) is 78.1 Å². The molecule has 9 heteroatoms. The van der Waals surface area contributed by atoms with E-state index >= 15 is 0 Å². The normalized spacial score (nSPS) is 14.8. The smallest absolute Gasteiger partial charge is 0.410 e. The molecule has 0 aromatic heterocycles. The second kappa shape index (κ2) is 15.6. The predicted molar refractivity (Wildman–Crippen MR) is 175 cm³/mol. The van der Waals surface area contributed by atoms with Crippen molar-refractivity contribution in [2.24, 2.45) is 11.3 Å². The third kappa shape index (κ3) is 11.0. The van der Waals surface area contributed by atoms with Gasteiger partial charge in [0.15, 0.2) is 0 Å². The van der Waals surface area contributed by atoms with Gasteiger partial charge in [-0.1, -0.05) is 84.9 Å². The second-order valence-corrected chi connectivity index (χ2v) is 14.6. The quantitative estimate of drug-likeness (QED) is 0.225. The van der Waals surface area contributed by atoms with Crippen LogP contribution in [-0.2, 0) is 29.3 Å². The fraction of sp³-hybridized carbons (Fsp3) is 0.657. The molecule has 1 rings (SSSR count). The van der Waals surface area contributed by atoms with Gasteiger partial charge in [0.05, 0.1) is 12.6 Å². The largest absolute Gasteiger partial charge is 0.463 e. The van der Waals surface area contributed by atoms with Crippen LogP contribution in [0.1, 0.15) is 95.1 Å². The number of rotatable bonds is 12. The highest BCUT2D eigenvalue weighted by Gasteiger charge is 2.45. The zero-order valence-electron chi connectivity index (χ0n) is 29.5. The zero-order chi connectivity index (χ0) is 34.2. The Morgan fingerprint density at radius 3 is 1.91 bits per heavy atom. The van der Waals surface area contributed by atoms with Gasteiger partial charge in [0.2, 0.25) is 11.8 Å². The Balaban J connectivity index is 3.59. The number of likely N-dealkylation sites (N-methyl/N-ethyl adjacent to an activating group) is 2. The molecule has 0 aliphatic rings. The lowest BCUT2D eigenvalue weighted by molar-refractivity contribution is -0.141. The molecule has 1 aromatic carbocycles. The molecule has 0 fully saturated rings. The third-order valence-electron chi connectivity index (χ3n) is 7.52. The number of benzene rings is 1. The van der Waals surface area contributed by atoms with E-state index in [2.05, 4.69) is 5.32 Å². The van der Waals surface area contributed by atoms with E-state index in [1.807, 2.05) is 78.8 Å². The van der Waals surface area contributed by atoms with Crippen molar-refractivity contribution in [3.63, 3.8) is 0 Å². The van der Waals surface area contributed by atoms with E-state index in [0.29, 0.717) is 12.0 Å². The minimum absolute atomic E-state index is 0.225. The fourth-order valence-electron chi connectivity index (χ4n) is 5.11. The molecule has 0 radical (unpaired) electrons. The number of nitrogens with zero attached hydrogens (tertiary/aromatic N) is 2. The number of hydrogen-bond acceptors (Lipinski definition) is 6. The molecule has 0 bridgehead atoms. The number of carbonyl (C=O) groups excluding carboxylic acids is 4. The van der Waals surface area contributed by atoms with E-state index in [0.717, 1.165) is 5.56 Å². The Hall–Kier alpha value is -3.36. The minimum atomic E-state index is -1.01. The van der Waals surface area contributed by atoms with Gasteiger partial charge in [0, 0.05) is 25.1 Å². The monoisotopic (exact) mass is 615 g/mol. The molecular formula is C35H57N3O6. The first-order chi connectivity index (χ1) is 20.0. The summed E-state index contributed by atoms with van der Waals surface area (Å²) in [5, 5.41) is 3.02. The van der Waals surface area contributed by atoms with Crippen LogP contribution in [0.25, 0.3) is 0 Å². The Morgan fingerprint density at radius 1 is 0.909 bits per heavy atom. The van der Waals surface area contributed by atoms with Gasteiger partial charge in [-0.15, -0.1) is 0 Å². The molecule has 9 nitrogen and oxygen atoms in total. The summed E-state index contributed by atoms with van der Waals surface area (Å²) in [6.45, 7) is 22.5. The molecule has 0 spiro atoms. The standard InChI is InChI=1S/C35H57N3O6/c1-15-43-31(41)24(4)22-26(21-23(2)3)37(13)30(40)27(33(5,6)7)36-29(39)28(38(14)32(42)44-34(8,9)10)35(11,12)25-19-17-16-18-20-25/h16-20,22-23,26-28H,15,21H2,1-14H3,(H,36,39)/b24-22+/t26-,27+,28+/m0/s1. The maximum atomic E-state index is 14.3. The Kier molecular flexibility index (Phi) is 13.7. The van der Waals surface area contributed by atoms with Crippen LogP contribution in [0, 0.1) is 11.3 Å². The fourth-order valence-corrected chi connectivity index (χ4v) is 5.11. The van der Waals surface area contributed by atoms with Crippen molar-refractivity contribution in [1.82, 2.24) is 15.1 Å². The number of amides is 3. The number of nitrogens with one attached hydrogen (secondary N) is 1. The van der Waals surface area contributed by atoms with E-state index in [9.17, 15) is 19.2 Å². The molecule has 44 heavy (non-hydrogen) atoms. The average molecular weight is 616 g/mol. The van der Waals surface area contributed by atoms with Gasteiger partial charge >= 0.3 is 12.1 Å². The van der Waals surface area contributed by atoms with Gasteiger partial charge < -0.3 is 19.7 Å². The highest BCUT2D eigenvalue weighted by molar-refractivity contribution is 5.93. The molecular weight excluding hydrogens is 558 g/mol. The summed E-state index contributed by atoms with van der Waals surface area (Å²) in [6, 6.07) is 7.13. The van der Waals surface area contributed by atoms with Crippen LogP contribution >= 0.6 is 0 Å². The molecule has 0 heterocycles. The molecule has 1 aromatic rings. The van der Waals surface area contributed by atoms with Crippen molar-refractivity contribution in [2.75, 3.05) is 20.7 Å². The van der Waals surface area contributed by atoms with Crippen molar-refractivity contribution in [1.29, 1.82) is 0 Å². The van der Waals surface area contributed by atoms with Crippen LogP contribution < -0.4 is 5.32 Å². The highest BCUT2D eigenvalue weighted by atomic mass is 16.6. The maximum Gasteiger partial charge on any atom is 0.410 e. The van der Waals surface area contributed by atoms with Crippen LogP contribution in [0.2, 0.25) is 0 Å². The molecule has 248 valence electrons. The summed E-state index contributed by atoms with van der Waals surface area (Å²) in [4.78, 5) is 57.2. The van der Waals surface area contributed by atoms with Crippen molar-refractivity contribution < 1.29 is 28.7 Å². The molecule has 0 aliphatic heterocycles. The first-order valence-electron chi connectivity index (χ1n) is 15.5. The number of hydrogen-bond donors (Lipinski definition) is 1. The van der Waals surface area contributed by atoms with Crippen LogP contribution in [0.3, 0.4) is 0 Å². The van der Waals surface area contributed by atoms with Crippen molar-refractivity contribution in [2.45, 2.75) is 119 Å². The Morgan fingerprint density at radius 2 is 1.45 bits per heavy atom. The van der Waals surface area contributed by atoms with Gasteiger partial charge in [-0.2, -0.15) is 0 Å². The SMILES string of the molecule is CCOC(=O)/C(C)=C/[C@H](CC(C)C)N(C)C(=O)[C@@H](NC(=O)[C@@H](N(C)C(=O)OC(C)(C)C)C(C)(C)c1ccccc1)C(C)(C)C. The van der Waals surface area contributed by atoms with Gasteiger partial charge in [0.25, 0.3) is 0 Å². The van der Waals surface area contributed by atoms with E-state index in [-0.39, 0.29) is 18.4 Å². The predicted octanol–water partition coefficient (Wildman–Crippen LogP) is 6.11. The van der Waals surface area contributed by atoms with Crippen LogP contribution in [0.4, 0.5) is 4.79 Å². The van der Waals surface area contributed by atoms with Gasteiger partial charge in [0.1, 0.15) is 17.7 Å². The molecule has 3 atom stereocenters. The van der Waals surface area contributed by atoms with Gasteiger partial charge in [-0.25, -0.2) is 9.59 Å². The number of carbonyl (C=O) groups is 4. The zero-order valence-corrected chi connectivity index (χ0v) is 29.5.